The van der Waals surface area contributed by atoms with Gasteiger partial charge in [0.25, 0.3) is 0 Å². The Hall–Kier alpha value is -3.82. The smallest absolute Gasteiger partial charge is 0.320 e. The van der Waals surface area contributed by atoms with Crippen molar-refractivity contribution in [3.05, 3.63) is 65.6 Å². The lowest BCUT2D eigenvalue weighted by Gasteiger charge is -2.29. The number of amides is 1. The number of carbonyl (C=O) groups excluding carboxylic acids is 2. The van der Waals surface area contributed by atoms with Crippen molar-refractivity contribution in [1.82, 2.24) is 10.2 Å². The van der Waals surface area contributed by atoms with Crippen LogP contribution in [0.15, 0.2) is 46.9 Å². The monoisotopic (exact) mass is 484 g/mol. The molecule has 35 heavy (non-hydrogen) atoms. The summed E-state index contributed by atoms with van der Waals surface area (Å²) in [7, 11) is 0. The molecule has 0 spiro atoms. The molecular formula is C25H26F2N4O4. The zero-order valence-corrected chi connectivity index (χ0v) is 19.2. The molecule has 2 unspecified atom stereocenters. The van der Waals surface area contributed by atoms with Gasteiger partial charge < -0.3 is 19.8 Å². The number of halogens is 2. The number of carbonyl (C=O) groups is 2. The molecule has 8 nitrogen and oxygen atoms in total. The molecule has 0 bridgehead atoms. The first-order valence-corrected chi connectivity index (χ1v) is 11.5. The van der Waals surface area contributed by atoms with Crippen LogP contribution in [0.1, 0.15) is 61.2 Å². The molecule has 2 aromatic carbocycles. The molecule has 1 aliphatic carbocycles. The van der Waals surface area contributed by atoms with Crippen molar-refractivity contribution >= 4 is 29.3 Å². The van der Waals surface area contributed by atoms with Crippen LogP contribution in [0.2, 0.25) is 0 Å². The van der Waals surface area contributed by atoms with Crippen molar-refractivity contribution in [2.45, 2.75) is 44.9 Å². The van der Waals surface area contributed by atoms with E-state index in [-0.39, 0.29) is 23.6 Å². The molecule has 2 atom stereocenters. The van der Waals surface area contributed by atoms with E-state index in [1.165, 1.54) is 6.07 Å². The second-order valence-corrected chi connectivity index (χ2v) is 8.48. The third-order valence-corrected chi connectivity index (χ3v) is 5.97. The van der Waals surface area contributed by atoms with E-state index in [2.05, 4.69) is 20.8 Å². The second kappa shape index (κ2) is 11.1. The van der Waals surface area contributed by atoms with Crippen molar-refractivity contribution < 1.29 is 27.5 Å². The van der Waals surface area contributed by atoms with E-state index in [1.807, 2.05) is 19.1 Å². The Morgan fingerprint density at radius 2 is 1.83 bits per heavy atom. The standard InChI is InChI=1S/C25H26F2N4O4/c1-2-34-22(32)13-15-4-3-5-17(12-15)16-6-8-18(9-7-16)28-23(33)24-30-31-25(35-24)29-19-10-11-20(26)21(27)14-19/h6-11,14-15,17H,2-5,12-13H2,1H3,(H,28,33)(H,29,31). The number of hydrogen-bond donors (Lipinski definition) is 2. The summed E-state index contributed by atoms with van der Waals surface area (Å²) in [4.78, 5) is 24.3. The van der Waals surface area contributed by atoms with Crippen LogP contribution in [-0.4, -0.2) is 28.7 Å². The second-order valence-electron chi connectivity index (χ2n) is 8.48. The molecule has 1 aliphatic rings. The zero-order chi connectivity index (χ0) is 24.8. The highest BCUT2D eigenvalue weighted by molar-refractivity contribution is 6.00. The van der Waals surface area contributed by atoms with Gasteiger partial charge in [0.2, 0.25) is 0 Å². The number of nitrogens with zero attached hydrogens (tertiary/aromatic N) is 2. The molecule has 2 N–H and O–H groups in total. The minimum Gasteiger partial charge on any atom is -0.466 e. The third kappa shape index (κ3) is 6.40. The summed E-state index contributed by atoms with van der Waals surface area (Å²) in [6, 6.07) is 10.6. The predicted octanol–water partition coefficient (Wildman–Crippen LogP) is 5.57. The summed E-state index contributed by atoms with van der Waals surface area (Å²) in [6.07, 6.45) is 4.53. The lowest BCUT2D eigenvalue weighted by atomic mass is 9.77. The van der Waals surface area contributed by atoms with Gasteiger partial charge in [0.1, 0.15) is 0 Å². The van der Waals surface area contributed by atoms with Crippen molar-refractivity contribution in [2.75, 3.05) is 17.2 Å². The van der Waals surface area contributed by atoms with Crippen molar-refractivity contribution in [2.24, 2.45) is 5.92 Å². The molecule has 0 aliphatic heterocycles. The Kier molecular flexibility index (Phi) is 7.69. The fourth-order valence-electron chi connectivity index (χ4n) is 4.32. The minimum atomic E-state index is -1.03. The zero-order valence-electron chi connectivity index (χ0n) is 19.2. The highest BCUT2D eigenvalue weighted by atomic mass is 19.2. The number of benzene rings is 2. The van der Waals surface area contributed by atoms with Gasteiger partial charge in [-0.1, -0.05) is 23.7 Å². The van der Waals surface area contributed by atoms with Gasteiger partial charge in [-0.2, -0.15) is 0 Å². The molecule has 1 fully saturated rings. The molecule has 184 valence electrons. The summed E-state index contributed by atoms with van der Waals surface area (Å²) in [5, 5.41) is 12.7. The van der Waals surface area contributed by atoms with Crippen LogP contribution in [0.3, 0.4) is 0 Å². The first kappa shape index (κ1) is 24.3. The molecule has 1 amide bonds. The highest BCUT2D eigenvalue weighted by Crippen LogP contribution is 2.38. The van der Waals surface area contributed by atoms with E-state index in [9.17, 15) is 18.4 Å². The average Bonchev–Trinajstić information content (AvgIpc) is 3.31. The number of hydrogen-bond acceptors (Lipinski definition) is 7. The highest BCUT2D eigenvalue weighted by Gasteiger charge is 2.25. The lowest BCUT2D eigenvalue weighted by Crippen LogP contribution is -2.19. The maximum atomic E-state index is 13.3. The fourth-order valence-corrected chi connectivity index (χ4v) is 4.32. The number of rotatable bonds is 8. The van der Waals surface area contributed by atoms with Gasteiger partial charge in [-0.15, -0.1) is 5.10 Å². The van der Waals surface area contributed by atoms with E-state index in [0.717, 1.165) is 43.4 Å². The third-order valence-electron chi connectivity index (χ3n) is 5.97. The molecule has 0 saturated heterocycles. The topological polar surface area (TPSA) is 106 Å². The van der Waals surface area contributed by atoms with Crippen LogP contribution in [0, 0.1) is 17.6 Å². The summed E-state index contributed by atoms with van der Waals surface area (Å²) in [5.41, 5.74) is 1.92. The number of esters is 1. The van der Waals surface area contributed by atoms with Crippen LogP contribution in [-0.2, 0) is 9.53 Å². The molecular weight excluding hydrogens is 458 g/mol. The van der Waals surface area contributed by atoms with Crippen LogP contribution >= 0.6 is 0 Å². The first-order valence-electron chi connectivity index (χ1n) is 11.5. The average molecular weight is 485 g/mol. The molecule has 10 heteroatoms. The predicted molar refractivity (Wildman–Crippen MR) is 124 cm³/mol. The Bertz CT molecular complexity index is 1180. The number of aromatic nitrogens is 2. The van der Waals surface area contributed by atoms with Crippen LogP contribution in [0.5, 0.6) is 0 Å². The van der Waals surface area contributed by atoms with Gasteiger partial charge in [0, 0.05) is 23.9 Å². The number of ether oxygens (including phenoxy) is 1. The Morgan fingerprint density at radius 3 is 2.57 bits per heavy atom. The molecule has 3 aromatic rings. The van der Waals surface area contributed by atoms with E-state index in [1.54, 1.807) is 12.1 Å². The summed E-state index contributed by atoms with van der Waals surface area (Å²) in [5.74, 6) is -2.36. The van der Waals surface area contributed by atoms with Gasteiger partial charge in [0.15, 0.2) is 11.6 Å². The maximum Gasteiger partial charge on any atom is 0.320 e. The lowest BCUT2D eigenvalue weighted by molar-refractivity contribution is -0.144. The maximum absolute atomic E-state index is 13.3. The van der Waals surface area contributed by atoms with Crippen molar-refractivity contribution in [3.8, 4) is 0 Å². The molecule has 0 radical (unpaired) electrons. The largest absolute Gasteiger partial charge is 0.466 e. The van der Waals surface area contributed by atoms with E-state index in [4.69, 9.17) is 9.15 Å². The van der Waals surface area contributed by atoms with Crippen LogP contribution in [0.4, 0.5) is 26.2 Å². The Balaban J connectivity index is 1.32. The summed E-state index contributed by atoms with van der Waals surface area (Å²) >= 11 is 0. The summed E-state index contributed by atoms with van der Waals surface area (Å²) < 4.78 is 36.7. The van der Waals surface area contributed by atoms with Crippen molar-refractivity contribution in [3.63, 3.8) is 0 Å². The fraction of sp³-hybridized carbons (Fsp3) is 0.360. The van der Waals surface area contributed by atoms with Crippen molar-refractivity contribution in [1.29, 1.82) is 0 Å². The molecule has 1 saturated carbocycles. The Labute approximate surface area is 201 Å². The van der Waals surface area contributed by atoms with Gasteiger partial charge in [-0.25, -0.2) is 8.78 Å². The SMILES string of the molecule is CCOC(=O)CC1CCCC(c2ccc(NC(=O)c3nnc(Nc4ccc(F)c(F)c4)o3)cc2)C1. The van der Waals surface area contributed by atoms with E-state index < -0.39 is 17.5 Å². The number of anilines is 3. The summed E-state index contributed by atoms with van der Waals surface area (Å²) in [6.45, 7) is 2.21. The quantitative estimate of drug-likeness (QED) is 0.403. The molecule has 1 aromatic heterocycles. The molecule has 4 rings (SSSR count). The first-order chi connectivity index (χ1) is 16.9. The van der Waals surface area contributed by atoms with E-state index in [0.29, 0.717) is 30.6 Å². The van der Waals surface area contributed by atoms with Crippen LogP contribution < -0.4 is 10.6 Å². The molecule has 1 heterocycles. The minimum absolute atomic E-state index is 0.133. The van der Waals surface area contributed by atoms with Gasteiger partial charge >= 0.3 is 23.8 Å². The van der Waals surface area contributed by atoms with Crippen LogP contribution in [0.25, 0.3) is 0 Å². The number of nitrogens with one attached hydrogen (secondary N) is 2. The van der Waals surface area contributed by atoms with Gasteiger partial charge in [0.05, 0.1) is 6.61 Å². The van der Waals surface area contributed by atoms with Gasteiger partial charge in [-0.05, 0) is 67.9 Å². The van der Waals surface area contributed by atoms with Gasteiger partial charge in [-0.3, -0.25) is 9.59 Å². The van der Waals surface area contributed by atoms with E-state index >= 15 is 0 Å². The Morgan fingerprint density at radius 1 is 1.06 bits per heavy atom. The normalized spacial score (nSPS) is 17.6.